The van der Waals surface area contributed by atoms with Gasteiger partial charge in [-0.3, -0.25) is 0 Å². The van der Waals surface area contributed by atoms with Crippen LogP contribution in [-0.2, 0) is 9.84 Å². The van der Waals surface area contributed by atoms with E-state index in [2.05, 4.69) is 9.84 Å². The average molecular weight is 419 g/mol. The Morgan fingerprint density at radius 3 is 2.16 bits per heavy atom. The van der Waals surface area contributed by atoms with E-state index >= 15 is 0 Å². The van der Waals surface area contributed by atoms with Crippen LogP contribution in [-0.4, -0.2) is 41.9 Å². The molecule has 1 heterocycles. The van der Waals surface area contributed by atoms with Crippen LogP contribution in [0.2, 0.25) is 10.0 Å². The molecule has 0 saturated carbocycles. The topological polar surface area (TPSA) is 98.5 Å². The molecule has 2 aromatic rings. The minimum Gasteiger partial charge on any atom is -0.476 e. The Morgan fingerprint density at radius 1 is 1.28 bits per heavy atom. The van der Waals surface area contributed by atoms with Crippen molar-refractivity contribution in [2.45, 2.75) is 11.3 Å². The predicted molar refractivity (Wildman–Crippen MR) is 80.3 cm³/mol. The number of carboxylic acids is 1. The Balaban J connectivity index is 2.62. The lowest BCUT2D eigenvalue weighted by Crippen LogP contribution is -2.17. The fourth-order valence-corrected chi connectivity index (χ4v) is 3.26. The number of rotatable bonds is 4. The number of halogens is 5. The van der Waals surface area contributed by atoms with Gasteiger partial charge in [0.2, 0.25) is 0 Å². The summed E-state index contributed by atoms with van der Waals surface area (Å²) in [5.41, 5.74) is -1.000. The van der Waals surface area contributed by atoms with Crippen molar-refractivity contribution in [3.63, 3.8) is 0 Å². The van der Waals surface area contributed by atoms with Crippen LogP contribution in [0.3, 0.4) is 0 Å². The van der Waals surface area contributed by atoms with Crippen LogP contribution in [0, 0.1) is 0 Å². The molecule has 0 spiro atoms. The van der Waals surface area contributed by atoms with Gasteiger partial charge in [-0.15, -0.1) is 13.2 Å². The Hall–Kier alpha value is -1.98. The number of aromatic carboxylic acids is 1. The highest BCUT2D eigenvalue weighted by Gasteiger charge is 2.32. The summed E-state index contributed by atoms with van der Waals surface area (Å²) in [6.45, 7) is 0. The van der Waals surface area contributed by atoms with Crippen LogP contribution < -0.4 is 4.74 Å². The second-order valence-corrected chi connectivity index (χ2v) is 7.45. The van der Waals surface area contributed by atoms with Crippen LogP contribution in [0.1, 0.15) is 10.5 Å². The van der Waals surface area contributed by atoms with Gasteiger partial charge in [-0.05, 0) is 0 Å². The van der Waals surface area contributed by atoms with Gasteiger partial charge in [-0.1, -0.05) is 23.2 Å². The quantitative estimate of drug-likeness (QED) is 0.818. The molecule has 7 nitrogen and oxygen atoms in total. The maximum Gasteiger partial charge on any atom is 0.573 e. The first-order valence-electron chi connectivity index (χ1n) is 6.08. The molecule has 1 aromatic carbocycles. The maximum atomic E-state index is 12.2. The van der Waals surface area contributed by atoms with E-state index in [1.165, 1.54) is 0 Å². The van der Waals surface area contributed by atoms with Crippen LogP contribution >= 0.6 is 23.2 Å². The molecule has 0 bridgehead atoms. The number of hydrogen-bond acceptors (Lipinski definition) is 5. The first kappa shape index (κ1) is 19.3. The first-order valence-corrected chi connectivity index (χ1v) is 8.72. The lowest BCUT2D eigenvalue weighted by Gasteiger charge is -2.12. The zero-order chi connectivity index (χ0) is 19.2. The van der Waals surface area contributed by atoms with Gasteiger partial charge in [-0.2, -0.15) is 5.10 Å². The molecule has 0 atom stereocenters. The molecule has 0 aliphatic rings. The number of nitrogens with zero attached hydrogens (tertiary/aromatic N) is 2. The Morgan fingerprint density at radius 2 is 1.80 bits per heavy atom. The number of alkyl halides is 3. The van der Waals surface area contributed by atoms with Crippen molar-refractivity contribution < 1.29 is 36.2 Å². The second kappa shape index (κ2) is 6.39. The second-order valence-electron chi connectivity index (χ2n) is 4.65. The number of ether oxygens (including phenoxy) is 1. The van der Waals surface area contributed by atoms with Gasteiger partial charge in [0.1, 0.15) is 16.3 Å². The molecule has 0 radical (unpaired) electrons. The van der Waals surface area contributed by atoms with Gasteiger partial charge < -0.3 is 9.84 Å². The van der Waals surface area contributed by atoms with E-state index in [-0.39, 0.29) is 15.7 Å². The molecule has 0 aliphatic carbocycles. The molecular weight excluding hydrogens is 412 g/mol. The number of hydrogen-bond donors (Lipinski definition) is 1. The number of carbonyl (C=O) groups is 1. The molecular formula is C12H7Cl2F3N2O5S. The molecule has 1 aromatic heterocycles. The van der Waals surface area contributed by atoms with Crippen LogP contribution in [0.4, 0.5) is 13.2 Å². The highest BCUT2D eigenvalue weighted by atomic mass is 35.5. The molecule has 13 heteroatoms. The van der Waals surface area contributed by atoms with E-state index in [9.17, 15) is 26.4 Å². The number of sulfone groups is 1. The third-order valence-electron chi connectivity index (χ3n) is 2.74. The van der Waals surface area contributed by atoms with Crippen molar-refractivity contribution in [1.82, 2.24) is 9.78 Å². The van der Waals surface area contributed by atoms with Crippen molar-refractivity contribution in [3.05, 3.63) is 34.1 Å². The van der Waals surface area contributed by atoms with Crippen molar-refractivity contribution in [2.75, 3.05) is 6.26 Å². The Bertz CT molecular complexity index is 933. The third kappa shape index (κ3) is 4.35. The summed E-state index contributed by atoms with van der Waals surface area (Å²) in [6.07, 6.45) is -3.36. The lowest BCUT2D eigenvalue weighted by molar-refractivity contribution is -0.274. The zero-order valence-corrected chi connectivity index (χ0v) is 14.3. The predicted octanol–water partition coefficient (Wildman–Crippen LogP) is 3.18. The first-order chi connectivity index (χ1) is 11.3. The Kier molecular flexibility index (Phi) is 4.94. The summed E-state index contributed by atoms with van der Waals surface area (Å²) in [5.74, 6) is -2.33. The van der Waals surface area contributed by atoms with Crippen molar-refractivity contribution in [3.8, 4) is 11.4 Å². The zero-order valence-electron chi connectivity index (χ0n) is 12.0. The molecule has 0 amide bonds. The number of carboxylic acid groups (broad SMARTS) is 1. The normalized spacial score (nSPS) is 12.2. The number of benzene rings is 1. The van der Waals surface area contributed by atoms with Gasteiger partial charge in [-0.25, -0.2) is 17.9 Å². The van der Waals surface area contributed by atoms with Crippen LogP contribution in [0.15, 0.2) is 23.2 Å². The molecule has 136 valence electrons. The van der Waals surface area contributed by atoms with E-state index in [1.54, 1.807) is 0 Å². The van der Waals surface area contributed by atoms with Gasteiger partial charge in [0, 0.05) is 18.4 Å². The molecule has 1 N–H and O–H groups in total. The summed E-state index contributed by atoms with van der Waals surface area (Å²) in [6, 6.07) is 1.55. The van der Waals surface area contributed by atoms with E-state index in [4.69, 9.17) is 28.3 Å². The summed E-state index contributed by atoms with van der Waals surface area (Å²) in [5, 5.41) is 11.9. The largest absolute Gasteiger partial charge is 0.573 e. The summed E-state index contributed by atoms with van der Waals surface area (Å²) < 4.78 is 64.5. The minimum atomic E-state index is -4.97. The third-order valence-corrected chi connectivity index (χ3v) is 4.41. The fraction of sp³-hybridized carbons (Fsp3) is 0.167. The van der Waals surface area contributed by atoms with Gasteiger partial charge in [0.05, 0.1) is 16.2 Å². The molecule has 0 unspecified atom stereocenters. The summed E-state index contributed by atoms with van der Waals surface area (Å²) in [7, 11) is -3.95. The minimum absolute atomic E-state index is 0.213. The fourth-order valence-electron chi connectivity index (χ4n) is 1.85. The van der Waals surface area contributed by atoms with Gasteiger partial charge >= 0.3 is 12.3 Å². The van der Waals surface area contributed by atoms with E-state index in [0.29, 0.717) is 0 Å². The summed E-state index contributed by atoms with van der Waals surface area (Å²) >= 11 is 11.7. The van der Waals surface area contributed by atoms with Crippen molar-refractivity contribution >= 4 is 39.0 Å². The van der Waals surface area contributed by atoms with E-state index in [0.717, 1.165) is 29.3 Å². The molecule has 0 aliphatic heterocycles. The Labute approximate surface area is 148 Å². The lowest BCUT2D eigenvalue weighted by atomic mass is 10.3. The molecule has 2 rings (SSSR count). The maximum absolute atomic E-state index is 12.2. The van der Waals surface area contributed by atoms with Crippen LogP contribution in [0.5, 0.6) is 5.75 Å². The number of aromatic nitrogens is 2. The van der Waals surface area contributed by atoms with E-state index < -0.39 is 38.5 Å². The highest BCUT2D eigenvalue weighted by molar-refractivity contribution is 7.90. The highest BCUT2D eigenvalue weighted by Crippen LogP contribution is 2.35. The standard InChI is InChI=1S/C12H7Cl2F3N2O5S/c1-25(22,23)8-4-19(18-9(8)11(20)21)10-6(13)2-5(3-7(10)14)24-12(15,16)17/h2-4H,1H3,(H,20,21). The van der Waals surface area contributed by atoms with Crippen molar-refractivity contribution in [2.24, 2.45) is 0 Å². The smallest absolute Gasteiger partial charge is 0.476 e. The van der Waals surface area contributed by atoms with Gasteiger partial charge in [0.25, 0.3) is 0 Å². The van der Waals surface area contributed by atoms with Crippen LogP contribution in [0.25, 0.3) is 5.69 Å². The van der Waals surface area contributed by atoms with Gasteiger partial charge in [0.15, 0.2) is 15.5 Å². The molecule has 0 fully saturated rings. The van der Waals surface area contributed by atoms with E-state index in [1.807, 2.05) is 0 Å². The SMILES string of the molecule is CS(=O)(=O)c1cn(-c2c(Cl)cc(OC(F)(F)F)cc2Cl)nc1C(=O)O. The summed E-state index contributed by atoms with van der Waals surface area (Å²) in [4.78, 5) is 10.5. The van der Waals surface area contributed by atoms with Crippen molar-refractivity contribution in [1.29, 1.82) is 0 Å². The molecule has 0 saturated heterocycles. The monoisotopic (exact) mass is 418 g/mol. The average Bonchev–Trinajstić information content (AvgIpc) is 2.80. The molecule has 25 heavy (non-hydrogen) atoms.